The highest BCUT2D eigenvalue weighted by molar-refractivity contribution is 6.17. The third-order valence-corrected chi connectivity index (χ3v) is 2.85. The van der Waals surface area contributed by atoms with Crippen molar-refractivity contribution in [3.05, 3.63) is 35.1 Å². The molecule has 1 aromatic rings. The predicted molar refractivity (Wildman–Crippen MR) is 68.0 cm³/mol. The van der Waals surface area contributed by atoms with Crippen molar-refractivity contribution >= 4 is 17.5 Å². The average Bonchev–Trinajstić information content (AvgIpc) is 2.26. The molecule has 0 saturated heterocycles. The fraction of sp³-hybridized carbons (Fsp3) is 0.462. The minimum absolute atomic E-state index is 0.0747. The second kappa shape index (κ2) is 6.60. The Labute approximate surface area is 106 Å². The Balaban J connectivity index is 2.63. The van der Waals surface area contributed by atoms with Gasteiger partial charge in [-0.15, -0.1) is 11.6 Å². The first-order chi connectivity index (χ1) is 8.04. The van der Waals surface area contributed by atoms with Crippen molar-refractivity contribution in [1.82, 2.24) is 5.32 Å². The number of alkyl halides is 1. The summed E-state index contributed by atoms with van der Waals surface area (Å²) in [5.74, 6) is 0.106. The summed E-state index contributed by atoms with van der Waals surface area (Å²) in [7, 11) is 0. The zero-order valence-electron chi connectivity index (χ0n) is 10.1. The summed E-state index contributed by atoms with van der Waals surface area (Å²) in [5, 5.41) is 2.87. The van der Waals surface area contributed by atoms with Crippen molar-refractivity contribution in [2.24, 2.45) is 0 Å². The lowest BCUT2D eigenvalue weighted by atomic mass is 10.1. The van der Waals surface area contributed by atoms with E-state index in [2.05, 4.69) is 5.32 Å². The lowest BCUT2D eigenvalue weighted by molar-refractivity contribution is 0.0937. The number of halogens is 2. The molecule has 0 radical (unpaired) electrons. The molecule has 4 heteroatoms. The minimum Gasteiger partial charge on any atom is -0.350 e. The topological polar surface area (TPSA) is 29.1 Å². The molecule has 0 aliphatic heterocycles. The van der Waals surface area contributed by atoms with Crippen molar-refractivity contribution < 1.29 is 9.18 Å². The summed E-state index contributed by atoms with van der Waals surface area (Å²) in [6.45, 7) is 3.66. The van der Waals surface area contributed by atoms with E-state index >= 15 is 0 Å². The van der Waals surface area contributed by atoms with Crippen molar-refractivity contribution in [3.8, 4) is 0 Å². The van der Waals surface area contributed by atoms with Gasteiger partial charge in [0.25, 0.3) is 5.91 Å². The molecule has 1 aromatic carbocycles. The molecule has 1 amide bonds. The van der Waals surface area contributed by atoms with E-state index in [9.17, 15) is 9.18 Å². The number of nitrogens with one attached hydrogen (secondary N) is 1. The number of hydrogen-bond donors (Lipinski definition) is 1. The Morgan fingerprint density at radius 1 is 1.53 bits per heavy atom. The van der Waals surface area contributed by atoms with Gasteiger partial charge < -0.3 is 5.32 Å². The predicted octanol–water partition coefficient (Wildman–Crippen LogP) is 3.27. The van der Waals surface area contributed by atoms with E-state index in [1.807, 2.05) is 6.92 Å². The zero-order chi connectivity index (χ0) is 12.8. The molecule has 1 atom stereocenters. The number of carbonyl (C=O) groups is 1. The lowest BCUT2D eigenvalue weighted by Crippen LogP contribution is -2.33. The summed E-state index contributed by atoms with van der Waals surface area (Å²) in [5.41, 5.74) is 1.16. The van der Waals surface area contributed by atoms with Crippen LogP contribution in [0.5, 0.6) is 0 Å². The third-order valence-electron chi connectivity index (χ3n) is 2.58. The molecule has 0 fully saturated rings. The largest absolute Gasteiger partial charge is 0.350 e. The molecular formula is C13H17ClFNO. The molecule has 0 aromatic heterocycles. The lowest BCUT2D eigenvalue weighted by Gasteiger charge is -2.14. The van der Waals surface area contributed by atoms with Crippen molar-refractivity contribution in [2.75, 3.05) is 5.88 Å². The molecule has 94 valence electrons. The van der Waals surface area contributed by atoms with Gasteiger partial charge in [0.2, 0.25) is 0 Å². The highest BCUT2D eigenvalue weighted by atomic mass is 35.5. The summed E-state index contributed by atoms with van der Waals surface area (Å²) >= 11 is 5.59. The molecule has 17 heavy (non-hydrogen) atoms. The average molecular weight is 258 g/mol. The highest BCUT2D eigenvalue weighted by Crippen LogP contribution is 2.10. The van der Waals surface area contributed by atoms with E-state index in [1.54, 1.807) is 6.92 Å². The third kappa shape index (κ3) is 4.35. The SMILES string of the molecule is Cc1cc(F)ccc1C(=O)NC(C)CCCCl. The van der Waals surface area contributed by atoms with Crippen LogP contribution in [0.25, 0.3) is 0 Å². The van der Waals surface area contributed by atoms with Gasteiger partial charge in [0, 0.05) is 17.5 Å². The Bertz CT molecular complexity index is 395. The van der Waals surface area contributed by atoms with E-state index in [1.165, 1.54) is 18.2 Å². The summed E-state index contributed by atoms with van der Waals surface area (Å²) in [6, 6.07) is 4.24. The van der Waals surface area contributed by atoms with Gasteiger partial charge in [0.05, 0.1) is 0 Å². The van der Waals surface area contributed by atoms with Gasteiger partial charge in [-0.2, -0.15) is 0 Å². The van der Waals surface area contributed by atoms with Crippen LogP contribution in [0.4, 0.5) is 4.39 Å². The molecule has 0 spiro atoms. The van der Waals surface area contributed by atoms with Crippen LogP contribution in [0, 0.1) is 12.7 Å². The zero-order valence-corrected chi connectivity index (χ0v) is 10.9. The Kier molecular flexibility index (Phi) is 5.42. The van der Waals surface area contributed by atoms with Gasteiger partial charge in [-0.3, -0.25) is 4.79 Å². The van der Waals surface area contributed by atoms with Crippen LogP contribution in [0.15, 0.2) is 18.2 Å². The van der Waals surface area contributed by atoms with Gasteiger partial charge in [-0.25, -0.2) is 4.39 Å². The molecule has 1 N–H and O–H groups in total. The molecular weight excluding hydrogens is 241 g/mol. The number of carbonyl (C=O) groups excluding carboxylic acids is 1. The van der Waals surface area contributed by atoms with Crippen molar-refractivity contribution in [1.29, 1.82) is 0 Å². The molecule has 0 saturated carbocycles. The normalized spacial score (nSPS) is 12.2. The summed E-state index contributed by atoms with van der Waals surface area (Å²) in [6.07, 6.45) is 1.71. The first-order valence-corrected chi connectivity index (χ1v) is 6.21. The number of benzene rings is 1. The molecule has 0 heterocycles. The Morgan fingerprint density at radius 2 is 2.24 bits per heavy atom. The fourth-order valence-corrected chi connectivity index (χ4v) is 1.79. The molecule has 0 aliphatic carbocycles. The van der Waals surface area contributed by atoms with Gasteiger partial charge >= 0.3 is 0 Å². The van der Waals surface area contributed by atoms with E-state index in [4.69, 9.17) is 11.6 Å². The van der Waals surface area contributed by atoms with Crippen LogP contribution in [-0.2, 0) is 0 Å². The number of aryl methyl sites for hydroxylation is 1. The first-order valence-electron chi connectivity index (χ1n) is 5.67. The summed E-state index contributed by atoms with van der Waals surface area (Å²) in [4.78, 5) is 11.9. The van der Waals surface area contributed by atoms with Crippen LogP contribution < -0.4 is 5.32 Å². The molecule has 0 aliphatic rings. The monoisotopic (exact) mass is 257 g/mol. The van der Waals surface area contributed by atoms with Crippen LogP contribution in [-0.4, -0.2) is 17.8 Å². The Hall–Kier alpha value is -1.09. The van der Waals surface area contributed by atoms with E-state index < -0.39 is 0 Å². The first kappa shape index (κ1) is 14.0. The number of amides is 1. The van der Waals surface area contributed by atoms with E-state index in [0.717, 1.165) is 12.8 Å². The Morgan fingerprint density at radius 3 is 2.82 bits per heavy atom. The highest BCUT2D eigenvalue weighted by Gasteiger charge is 2.12. The smallest absolute Gasteiger partial charge is 0.251 e. The maximum atomic E-state index is 12.9. The van der Waals surface area contributed by atoms with Gasteiger partial charge in [-0.1, -0.05) is 0 Å². The van der Waals surface area contributed by atoms with Gasteiger partial charge in [-0.05, 0) is 50.5 Å². The molecule has 0 bridgehead atoms. The van der Waals surface area contributed by atoms with Crippen molar-refractivity contribution in [3.63, 3.8) is 0 Å². The summed E-state index contributed by atoms with van der Waals surface area (Å²) < 4.78 is 12.9. The number of hydrogen-bond acceptors (Lipinski definition) is 1. The number of rotatable bonds is 5. The van der Waals surface area contributed by atoms with Crippen LogP contribution in [0.2, 0.25) is 0 Å². The molecule has 2 nitrogen and oxygen atoms in total. The minimum atomic E-state index is -0.325. The standard InChI is InChI=1S/C13H17ClFNO/c1-9-8-11(15)5-6-12(9)13(17)16-10(2)4-3-7-14/h5-6,8,10H,3-4,7H2,1-2H3,(H,16,17). The second-order valence-corrected chi connectivity index (χ2v) is 4.54. The maximum absolute atomic E-state index is 12.9. The fourth-order valence-electron chi connectivity index (χ4n) is 1.64. The molecule has 1 rings (SSSR count). The second-order valence-electron chi connectivity index (χ2n) is 4.16. The van der Waals surface area contributed by atoms with E-state index in [0.29, 0.717) is 17.0 Å². The quantitative estimate of drug-likeness (QED) is 0.806. The van der Waals surface area contributed by atoms with Crippen LogP contribution >= 0.6 is 11.6 Å². The van der Waals surface area contributed by atoms with Gasteiger partial charge in [0.15, 0.2) is 0 Å². The van der Waals surface area contributed by atoms with Crippen molar-refractivity contribution in [2.45, 2.75) is 32.7 Å². The van der Waals surface area contributed by atoms with Gasteiger partial charge in [0.1, 0.15) is 5.82 Å². The van der Waals surface area contributed by atoms with Crippen LogP contribution in [0.3, 0.4) is 0 Å². The maximum Gasteiger partial charge on any atom is 0.251 e. The van der Waals surface area contributed by atoms with E-state index in [-0.39, 0.29) is 17.8 Å². The molecule has 1 unspecified atom stereocenters. The van der Waals surface area contributed by atoms with Crippen LogP contribution in [0.1, 0.15) is 35.7 Å².